The molecule has 0 aliphatic rings. The van der Waals surface area contributed by atoms with E-state index in [2.05, 4.69) is 19.6 Å². The highest BCUT2D eigenvalue weighted by Crippen LogP contribution is 2.14. The number of aromatic nitrogens is 1. The summed E-state index contributed by atoms with van der Waals surface area (Å²) >= 11 is 0. The van der Waals surface area contributed by atoms with Gasteiger partial charge in [-0.1, -0.05) is 19.6 Å². The number of hydrogen-bond acceptors (Lipinski definition) is 2. The molecule has 0 spiro atoms. The molecule has 0 atom stereocenters. The molecule has 0 unspecified atom stereocenters. The third kappa shape index (κ3) is 1.77. The molecule has 13 heavy (non-hydrogen) atoms. The number of nitrogens with zero attached hydrogens (tertiary/aromatic N) is 1. The number of carbonyl (C=O) groups is 2. The van der Waals surface area contributed by atoms with Crippen LogP contribution in [0.4, 0.5) is 0 Å². The van der Waals surface area contributed by atoms with Crippen LogP contribution in [0.3, 0.4) is 0 Å². The molecular formula is C9H13NO2Si. The number of rotatable bonds is 3. The van der Waals surface area contributed by atoms with Crippen molar-refractivity contribution in [2.45, 2.75) is 19.6 Å². The first-order valence-corrected chi connectivity index (χ1v) is 7.58. The van der Waals surface area contributed by atoms with Gasteiger partial charge in [-0.05, 0) is 12.1 Å². The normalized spacial score (nSPS) is 11.3. The van der Waals surface area contributed by atoms with Crippen molar-refractivity contribution in [1.82, 2.24) is 4.23 Å². The molecule has 1 aromatic heterocycles. The van der Waals surface area contributed by atoms with Crippen molar-refractivity contribution in [3.05, 3.63) is 23.5 Å². The summed E-state index contributed by atoms with van der Waals surface area (Å²) in [5.41, 5.74) is 1.20. The molecule has 1 heterocycles. The van der Waals surface area contributed by atoms with Crippen molar-refractivity contribution in [3.63, 3.8) is 0 Å². The SMILES string of the molecule is C[Si](C)(C)n1c(C=O)ccc1C=O. The summed E-state index contributed by atoms with van der Waals surface area (Å²) in [5, 5.41) is 0. The van der Waals surface area contributed by atoms with Gasteiger partial charge in [-0.3, -0.25) is 9.59 Å². The second-order valence-electron chi connectivity index (χ2n) is 3.92. The van der Waals surface area contributed by atoms with E-state index < -0.39 is 8.24 Å². The first kappa shape index (κ1) is 9.92. The molecule has 0 N–H and O–H groups in total. The Labute approximate surface area is 78.5 Å². The van der Waals surface area contributed by atoms with Gasteiger partial charge in [-0.15, -0.1) is 0 Å². The summed E-state index contributed by atoms with van der Waals surface area (Å²) in [7, 11) is -1.66. The lowest BCUT2D eigenvalue weighted by atomic mass is 10.4. The molecule has 0 saturated heterocycles. The van der Waals surface area contributed by atoms with Crippen LogP contribution in [0, 0.1) is 0 Å². The maximum atomic E-state index is 10.7. The van der Waals surface area contributed by atoms with Gasteiger partial charge in [0.25, 0.3) is 0 Å². The molecule has 0 aromatic carbocycles. The van der Waals surface area contributed by atoms with Gasteiger partial charge in [-0.25, -0.2) is 0 Å². The second-order valence-corrected chi connectivity index (χ2v) is 8.71. The summed E-state index contributed by atoms with van der Waals surface area (Å²) in [5.74, 6) is 0. The molecule has 0 bridgehead atoms. The lowest BCUT2D eigenvalue weighted by Gasteiger charge is -2.21. The molecule has 1 rings (SSSR count). The van der Waals surface area contributed by atoms with Gasteiger partial charge in [0.2, 0.25) is 0 Å². The molecule has 0 fully saturated rings. The largest absolute Gasteiger partial charge is 0.364 e. The van der Waals surface area contributed by atoms with Gasteiger partial charge in [0.1, 0.15) is 0 Å². The van der Waals surface area contributed by atoms with Crippen LogP contribution in [-0.4, -0.2) is 25.0 Å². The van der Waals surface area contributed by atoms with Crippen LogP contribution >= 0.6 is 0 Å². The fourth-order valence-electron chi connectivity index (χ4n) is 1.43. The predicted molar refractivity (Wildman–Crippen MR) is 54.0 cm³/mol. The molecular weight excluding hydrogens is 182 g/mol. The molecule has 0 aliphatic carbocycles. The summed E-state index contributed by atoms with van der Waals surface area (Å²) in [6.07, 6.45) is 1.59. The fourth-order valence-corrected chi connectivity index (χ4v) is 3.23. The summed E-state index contributed by atoms with van der Waals surface area (Å²) in [6, 6.07) is 3.38. The van der Waals surface area contributed by atoms with Crippen molar-refractivity contribution >= 4 is 20.8 Å². The van der Waals surface area contributed by atoms with Crippen LogP contribution in [0.2, 0.25) is 19.6 Å². The Hall–Kier alpha value is -1.16. The number of hydrogen-bond donors (Lipinski definition) is 0. The molecule has 1 aromatic rings. The van der Waals surface area contributed by atoms with E-state index in [0.717, 1.165) is 12.6 Å². The molecule has 0 radical (unpaired) electrons. The van der Waals surface area contributed by atoms with E-state index in [9.17, 15) is 9.59 Å². The standard InChI is InChI=1S/C9H13NO2Si/c1-13(2,3)10-8(6-11)4-5-9(10)7-12/h4-7H,1-3H3. The van der Waals surface area contributed by atoms with Gasteiger partial charge >= 0.3 is 0 Å². The van der Waals surface area contributed by atoms with Crippen LogP contribution in [0.25, 0.3) is 0 Å². The first-order chi connectivity index (χ1) is 6.00. The average molecular weight is 195 g/mol. The highest BCUT2D eigenvalue weighted by atomic mass is 28.3. The minimum atomic E-state index is -1.66. The Morgan fingerprint density at radius 3 is 1.69 bits per heavy atom. The Kier molecular flexibility index (Phi) is 2.52. The topological polar surface area (TPSA) is 39.1 Å². The van der Waals surface area contributed by atoms with Crippen LogP contribution in [0.5, 0.6) is 0 Å². The molecule has 0 amide bonds. The number of carbonyl (C=O) groups excluding carboxylic acids is 2. The fraction of sp³-hybridized carbons (Fsp3) is 0.333. The van der Waals surface area contributed by atoms with E-state index in [0.29, 0.717) is 11.4 Å². The van der Waals surface area contributed by atoms with Gasteiger partial charge in [-0.2, -0.15) is 0 Å². The van der Waals surface area contributed by atoms with Crippen molar-refractivity contribution in [1.29, 1.82) is 0 Å². The van der Waals surface area contributed by atoms with Crippen LogP contribution in [0.15, 0.2) is 12.1 Å². The zero-order chi connectivity index (χ0) is 10.1. The maximum Gasteiger partial charge on any atom is 0.165 e. The summed E-state index contributed by atoms with van der Waals surface area (Å²) in [6.45, 7) is 6.27. The Morgan fingerprint density at radius 2 is 1.46 bits per heavy atom. The van der Waals surface area contributed by atoms with Crippen molar-refractivity contribution in [2.24, 2.45) is 0 Å². The highest BCUT2D eigenvalue weighted by molar-refractivity contribution is 6.75. The lowest BCUT2D eigenvalue weighted by molar-refractivity contribution is 0.111. The van der Waals surface area contributed by atoms with E-state index >= 15 is 0 Å². The van der Waals surface area contributed by atoms with Crippen molar-refractivity contribution < 1.29 is 9.59 Å². The van der Waals surface area contributed by atoms with E-state index in [1.807, 2.05) is 4.23 Å². The van der Waals surface area contributed by atoms with Crippen LogP contribution < -0.4 is 0 Å². The first-order valence-electron chi connectivity index (χ1n) is 4.13. The van der Waals surface area contributed by atoms with E-state index in [1.54, 1.807) is 12.1 Å². The Morgan fingerprint density at radius 1 is 1.08 bits per heavy atom. The molecule has 70 valence electrons. The summed E-state index contributed by atoms with van der Waals surface area (Å²) < 4.78 is 1.87. The molecule has 3 nitrogen and oxygen atoms in total. The molecule has 0 saturated carbocycles. The molecule has 0 aliphatic heterocycles. The van der Waals surface area contributed by atoms with Gasteiger partial charge in [0.05, 0.1) is 11.4 Å². The Bertz CT molecular complexity index is 310. The van der Waals surface area contributed by atoms with Gasteiger partial charge in [0.15, 0.2) is 20.8 Å². The molecule has 4 heteroatoms. The van der Waals surface area contributed by atoms with E-state index in [4.69, 9.17) is 0 Å². The Balaban J connectivity index is 3.36. The smallest absolute Gasteiger partial charge is 0.165 e. The average Bonchev–Trinajstić information content (AvgIpc) is 2.45. The zero-order valence-electron chi connectivity index (χ0n) is 8.07. The van der Waals surface area contributed by atoms with Crippen molar-refractivity contribution in [3.8, 4) is 0 Å². The number of aldehydes is 2. The second kappa shape index (κ2) is 3.30. The van der Waals surface area contributed by atoms with Crippen LogP contribution in [-0.2, 0) is 0 Å². The maximum absolute atomic E-state index is 10.7. The third-order valence-electron chi connectivity index (χ3n) is 1.85. The zero-order valence-corrected chi connectivity index (χ0v) is 9.07. The predicted octanol–water partition coefficient (Wildman–Crippen LogP) is 1.80. The van der Waals surface area contributed by atoms with Gasteiger partial charge in [0, 0.05) is 0 Å². The minimum absolute atomic E-state index is 0.598. The van der Waals surface area contributed by atoms with Crippen molar-refractivity contribution in [2.75, 3.05) is 0 Å². The minimum Gasteiger partial charge on any atom is -0.364 e. The lowest BCUT2D eigenvalue weighted by Crippen LogP contribution is -2.35. The third-order valence-corrected chi connectivity index (χ3v) is 3.71. The van der Waals surface area contributed by atoms with Gasteiger partial charge < -0.3 is 4.23 Å². The quantitative estimate of drug-likeness (QED) is 0.545. The van der Waals surface area contributed by atoms with E-state index in [-0.39, 0.29) is 0 Å². The van der Waals surface area contributed by atoms with E-state index in [1.165, 1.54) is 0 Å². The monoisotopic (exact) mass is 195 g/mol. The van der Waals surface area contributed by atoms with Crippen LogP contribution in [0.1, 0.15) is 21.0 Å². The summed E-state index contributed by atoms with van der Waals surface area (Å²) in [4.78, 5) is 21.4. The highest BCUT2D eigenvalue weighted by Gasteiger charge is 2.21.